The van der Waals surface area contributed by atoms with Crippen LogP contribution >= 0.6 is 0 Å². The maximum Gasteiger partial charge on any atom is 0.332 e. The predicted octanol–water partition coefficient (Wildman–Crippen LogP) is 3.20. The van der Waals surface area contributed by atoms with Crippen molar-refractivity contribution in [3.63, 3.8) is 0 Å². The van der Waals surface area contributed by atoms with E-state index in [9.17, 15) is 9.59 Å². The molecule has 7 nitrogen and oxygen atoms in total. The number of rotatable bonds is 8. The first-order valence-electron chi connectivity index (χ1n) is 9.43. The van der Waals surface area contributed by atoms with Gasteiger partial charge >= 0.3 is 11.7 Å². The standard InChI is InChI=1S/C20H26N4O3/c1-4-5-6-7-11-14-24-16-17(22(2)20(26)23(3)18(16)25)21-19(24)27-15-12-9-8-10-13-15/h8-10,12-13H,4-7,11,14H2,1-3H3. The number of aryl methyl sites for hydroxylation is 2. The number of nitrogens with zero attached hydrogens (tertiary/aromatic N) is 4. The van der Waals surface area contributed by atoms with Crippen LogP contribution in [0.15, 0.2) is 39.9 Å². The molecule has 7 heteroatoms. The number of fused-ring (bicyclic) bond motifs is 1. The number of hydrogen-bond acceptors (Lipinski definition) is 4. The second-order valence-electron chi connectivity index (χ2n) is 6.75. The molecule has 0 N–H and O–H groups in total. The Morgan fingerprint density at radius 3 is 2.37 bits per heavy atom. The molecule has 0 aliphatic rings. The van der Waals surface area contributed by atoms with Gasteiger partial charge in [-0.25, -0.2) is 4.79 Å². The zero-order valence-corrected chi connectivity index (χ0v) is 16.1. The van der Waals surface area contributed by atoms with Gasteiger partial charge < -0.3 is 4.74 Å². The van der Waals surface area contributed by atoms with Gasteiger partial charge in [-0.1, -0.05) is 50.8 Å². The molecule has 0 saturated carbocycles. The van der Waals surface area contributed by atoms with Crippen LogP contribution in [0.25, 0.3) is 11.2 Å². The first kappa shape index (κ1) is 18.9. The van der Waals surface area contributed by atoms with Gasteiger partial charge in [-0.15, -0.1) is 0 Å². The van der Waals surface area contributed by atoms with Crippen LogP contribution in [0.2, 0.25) is 0 Å². The first-order chi connectivity index (χ1) is 13.0. The second-order valence-corrected chi connectivity index (χ2v) is 6.75. The second kappa shape index (κ2) is 8.24. The monoisotopic (exact) mass is 370 g/mol. The minimum absolute atomic E-state index is 0.338. The summed E-state index contributed by atoms with van der Waals surface area (Å²) >= 11 is 0. The molecular weight excluding hydrogens is 344 g/mol. The molecule has 144 valence electrons. The average molecular weight is 370 g/mol. The summed E-state index contributed by atoms with van der Waals surface area (Å²) in [6, 6.07) is 9.67. The van der Waals surface area contributed by atoms with E-state index in [1.54, 1.807) is 11.6 Å². The number of para-hydroxylation sites is 1. The molecule has 27 heavy (non-hydrogen) atoms. The van der Waals surface area contributed by atoms with Crippen molar-refractivity contribution < 1.29 is 4.74 Å². The van der Waals surface area contributed by atoms with Gasteiger partial charge in [0.2, 0.25) is 0 Å². The largest absolute Gasteiger partial charge is 0.425 e. The topological polar surface area (TPSA) is 71.1 Å². The van der Waals surface area contributed by atoms with E-state index in [-0.39, 0.29) is 5.56 Å². The lowest BCUT2D eigenvalue weighted by Crippen LogP contribution is -2.37. The van der Waals surface area contributed by atoms with E-state index in [4.69, 9.17) is 4.74 Å². The predicted molar refractivity (Wildman–Crippen MR) is 105 cm³/mol. The first-order valence-corrected chi connectivity index (χ1v) is 9.43. The highest BCUT2D eigenvalue weighted by Crippen LogP contribution is 2.24. The van der Waals surface area contributed by atoms with Gasteiger partial charge in [0, 0.05) is 20.6 Å². The summed E-state index contributed by atoms with van der Waals surface area (Å²) in [5.74, 6) is 0.641. The molecule has 0 aliphatic carbocycles. The molecule has 0 radical (unpaired) electrons. The van der Waals surface area contributed by atoms with Crippen molar-refractivity contribution in [1.82, 2.24) is 18.7 Å². The number of imidazole rings is 1. The van der Waals surface area contributed by atoms with Crippen molar-refractivity contribution in [2.75, 3.05) is 0 Å². The van der Waals surface area contributed by atoms with Crippen molar-refractivity contribution in [2.24, 2.45) is 14.1 Å². The molecule has 1 aromatic carbocycles. The Hall–Kier alpha value is -2.83. The third-order valence-electron chi connectivity index (χ3n) is 4.75. The van der Waals surface area contributed by atoms with Crippen LogP contribution in [0.4, 0.5) is 0 Å². The lowest BCUT2D eigenvalue weighted by molar-refractivity contribution is 0.408. The summed E-state index contributed by atoms with van der Waals surface area (Å²) in [6.45, 7) is 2.80. The van der Waals surface area contributed by atoms with E-state index in [1.807, 2.05) is 30.3 Å². The molecule has 0 aliphatic heterocycles. The molecule has 0 fully saturated rings. The molecule has 3 aromatic rings. The summed E-state index contributed by atoms with van der Waals surface area (Å²) in [4.78, 5) is 29.5. The van der Waals surface area contributed by atoms with E-state index in [1.165, 1.54) is 24.5 Å². The zero-order chi connectivity index (χ0) is 19.4. The molecule has 0 atom stereocenters. The van der Waals surface area contributed by atoms with Gasteiger partial charge in [0.05, 0.1) is 0 Å². The van der Waals surface area contributed by atoms with Crippen molar-refractivity contribution in [1.29, 1.82) is 0 Å². The van der Waals surface area contributed by atoms with Crippen LogP contribution < -0.4 is 16.0 Å². The highest BCUT2D eigenvalue weighted by atomic mass is 16.5. The van der Waals surface area contributed by atoms with Crippen molar-refractivity contribution in [3.05, 3.63) is 51.2 Å². The molecule has 0 spiro atoms. The molecule has 3 rings (SSSR count). The Morgan fingerprint density at radius 2 is 1.67 bits per heavy atom. The number of unbranched alkanes of at least 4 members (excludes halogenated alkanes) is 4. The van der Waals surface area contributed by atoms with Crippen LogP contribution in [-0.2, 0) is 20.6 Å². The molecule has 0 bridgehead atoms. The summed E-state index contributed by atoms with van der Waals surface area (Å²) < 4.78 is 10.3. The Kier molecular flexibility index (Phi) is 5.78. The van der Waals surface area contributed by atoms with Gasteiger partial charge in [0.25, 0.3) is 5.56 Å². The fourth-order valence-corrected chi connectivity index (χ4v) is 3.18. The van der Waals surface area contributed by atoms with E-state index >= 15 is 0 Å². The fraction of sp³-hybridized carbons (Fsp3) is 0.450. The molecule has 0 unspecified atom stereocenters. The third-order valence-corrected chi connectivity index (χ3v) is 4.75. The molecule has 0 saturated heterocycles. The van der Waals surface area contributed by atoms with Crippen LogP contribution in [0.5, 0.6) is 11.8 Å². The number of ether oxygens (including phenoxy) is 1. The van der Waals surface area contributed by atoms with E-state index < -0.39 is 5.69 Å². The minimum atomic E-state index is -0.397. The minimum Gasteiger partial charge on any atom is -0.425 e. The summed E-state index contributed by atoms with van der Waals surface area (Å²) in [5, 5.41) is 0. The normalized spacial score (nSPS) is 11.2. The van der Waals surface area contributed by atoms with Crippen LogP contribution in [0.1, 0.15) is 39.0 Å². The van der Waals surface area contributed by atoms with Crippen molar-refractivity contribution in [2.45, 2.75) is 45.6 Å². The quantitative estimate of drug-likeness (QED) is 0.571. The van der Waals surface area contributed by atoms with E-state index in [0.717, 1.165) is 23.8 Å². The van der Waals surface area contributed by atoms with Crippen molar-refractivity contribution >= 4 is 11.2 Å². The summed E-state index contributed by atoms with van der Waals surface area (Å²) in [5.41, 5.74) is 0.00652. The Labute approximate surface area is 157 Å². The highest BCUT2D eigenvalue weighted by molar-refractivity contribution is 5.72. The number of aromatic nitrogens is 4. The van der Waals surface area contributed by atoms with Crippen LogP contribution in [0.3, 0.4) is 0 Å². The maximum atomic E-state index is 12.8. The smallest absolute Gasteiger partial charge is 0.332 e. The Bertz CT molecular complexity index is 1030. The molecule has 2 aromatic heterocycles. The van der Waals surface area contributed by atoms with Gasteiger partial charge in [-0.3, -0.25) is 18.5 Å². The summed E-state index contributed by atoms with van der Waals surface area (Å²) in [6.07, 6.45) is 5.54. The molecular formula is C20H26N4O3. The van der Waals surface area contributed by atoms with Gasteiger partial charge in [-0.05, 0) is 18.6 Å². The van der Waals surface area contributed by atoms with Crippen LogP contribution in [-0.4, -0.2) is 18.7 Å². The summed E-state index contributed by atoms with van der Waals surface area (Å²) in [7, 11) is 3.11. The zero-order valence-electron chi connectivity index (χ0n) is 16.1. The van der Waals surface area contributed by atoms with E-state index in [0.29, 0.717) is 29.5 Å². The SMILES string of the molecule is CCCCCCCn1c(Oc2ccccc2)nc2c1c(=O)n(C)c(=O)n2C. The lowest BCUT2D eigenvalue weighted by atomic mass is 10.1. The number of benzene rings is 1. The number of hydrogen-bond donors (Lipinski definition) is 0. The molecule has 2 heterocycles. The van der Waals surface area contributed by atoms with Crippen molar-refractivity contribution in [3.8, 4) is 11.8 Å². The van der Waals surface area contributed by atoms with Gasteiger partial charge in [0.1, 0.15) is 5.75 Å². The van der Waals surface area contributed by atoms with E-state index in [2.05, 4.69) is 11.9 Å². The molecule has 0 amide bonds. The maximum absolute atomic E-state index is 12.8. The van der Waals surface area contributed by atoms with Gasteiger partial charge in [-0.2, -0.15) is 4.98 Å². The fourth-order valence-electron chi connectivity index (χ4n) is 3.18. The average Bonchev–Trinajstić information content (AvgIpc) is 3.03. The highest BCUT2D eigenvalue weighted by Gasteiger charge is 2.20. The van der Waals surface area contributed by atoms with Crippen LogP contribution in [0, 0.1) is 0 Å². The van der Waals surface area contributed by atoms with Gasteiger partial charge in [0.15, 0.2) is 11.2 Å². The Morgan fingerprint density at radius 1 is 0.963 bits per heavy atom. The third kappa shape index (κ3) is 3.82. The Balaban J connectivity index is 2.05. The lowest BCUT2D eigenvalue weighted by Gasteiger charge is -2.10.